The van der Waals surface area contributed by atoms with Gasteiger partial charge in [-0.05, 0) is 113 Å². The highest BCUT2D eigenvalue weighted by Crippen LogP contribution is 2.65. The summed E-state index contributed by atoms with van der Waals surface area (Å²) in [5, 5.41) is 0. The molecule has 4 heteroatoms. The number of methoxy groups -OCH3 is 1. The molecule has 4 rings (SSSR count). The number of rotatable bonds is 9. The molecule has 0 N–H and O–H groups in total. The fraction of sp³-hybridized carbons (Fsp3) is 0.781. The number of hydrogen-bond acceptors (Lipinski definition) is 3. The lowest BCUT2D eigenvalue weighted by atomic mass is 9.53. The van der Waals surface area contributed by atoms with Crippen LogP contribution in [0.25, 0.3) is 0 Å². The van der Waals surface area contributed by atoms with Crippen LogP contribution in [0.1, 0.15) is 111 Å². The van der Waals surface area contributed by atoms with Gasteiger partial charge >= 0.3 is 0 Å². The van der Waals surface area contributed by atoms with Gasteiger partial charge in [-0.15, -0.1) is 0 Å². The highest BCUT2D eigenvalue weighted by atomic mass is 28.4. The lowest BCUT2D eigenvalue weighted by Gasteiger charge is -2.52. The average molecular weight is 513 g/mol. The monoisotopic (exact) mass is 512 g/mol. The number of benzene rings is 1. The van der Waals surface area contributed by atoms with Crippen molar-refractivity contribution in [3.8, 4) is 11.5 Å². The molecule has 0 aromatic heterocycles. The third-order valence-electron chi connectivity index (χ3n) is 11.2. The summed E-state index contributed by atoms with van der Waals surface area (Å²) >= 11 is 0. The molecule has 0 amide bonds. The van der Waals surface area contributed by atoms with Crippen molar-refractivity contribution in [3.63, 3.8) is 0 Å². The normalized spacial score (nSPS) is 30.7. The second kappa shape index (κ2) is 10.5. The molecular weight excluding hydrogens is 460 g/mol. The van der Waals surface area contributed by atoms with Crippen LogP contribution >= 0.6 is 0 Å². The van der Waals surface area contributed by atoms with Gasteiger partial charge in [0.15, 0.2) is 5.75 Å². The number of aldehydes is 1. The first kappa shape index (κ1) is 27.7. The lowest BCUT2D eigenvalue weighted by Crippen LogP contribution is -2.50. The Morgan fingerprint density at radius 2 is 1.64 bits per heavy atom. The Hall–Kier alpha value is -1.29. The van der Waals surface area contributed by atoms with Gasteiger partial charge < -0.3 is 14.0 Å². The largest absolute Gasteiger partial charge is 0.540 e. The van der Waals surface area contributed by atoms with E-state index >= 15 is 0 Å². The van der Waals surface area contributed by atoms with E-state index in [2.05, 4.69) is 67.5 Å². The summed E-state index contributed by atoms with van der Waals surface area (Å²) in [7, 11) is -0.242. The van der Waals surface area contributed by atoms with E-state index in [1.807, 2.05) is 7.11 Å². The maximum atomic E-state index is 11.3. The molecule has 0 aliphatic heterocycles. The van der Waals surface area contributed by atoms with Crippen molar-refractivity contribution < 1.29 is 14.0 Å². The maximum Gasteiger partial charge on any atom is 0.258 e. The summed E-state index contributed by atoms with van der Waals surface area (Å²) < 4.78 is 13.2. The van der Waals surface area contributed by atoms with Gasteiger partial charge in [0, 0.05) is 6.42 Å². The zero-order chi connectivity index (χ0) is 26.4. The van der Waals surface area contributed by atoms with E-state index in [9.17, 15) is 4.79 Å². The second-order valence-electron chi connectivity index (χ2n) is 13.6. The number of carbonyl (C=O) groups is 1. The summed E-state index contributed by atoms with van der Waals surface area (Å²) in [4.78, 5) is 11.3. The van der Waals surface area contributed by atoms with E-state index in [1.54, 1.807) is 0 Å². The molecule has 0 bridgehead atoms. The predicted molar refractivity (Wildman–Crippen MR) is 153 cm³/mol. The Balaban J connectivity index is 1.65. The zero-order valence-corrected chi connectivity index (χ0v) is 25.5. The molecule has 2 saturated carbocycles. The predicted octanol–water partition coefficient (Wildman–Crippen LogP) is 8.95. The fourth-order valence-electron chi connectivity index (χ4n) is 9.65. The van der Waals surface area contributed by atoms with Crippen LogP contribution in [0.2, 0.25) is 16.6 Å². The third-order valence-corrected chi connectivity index (χ3v) is 17.2. The SMILES string of the molecule is COc1cc2c(cc1O[Si](C(C)C)(C(C)C)C(C)C)CC[C@@H]1[C@@H]2CC[C@]2(C)[C@@H](C(C)CC=O)CC[C@@H]12. The van der Waals surface area contributed by atoms with Gasteiger partial charge in [0.1, 0.15) is 12.0 Å². The summed E-state index contributed by atoms with van der Waals surface area (Å²) in [6.07, 6.45) is 9.50. The van der Waals surface area contributed by atoms with Crippen LogP contribution in [-0.2, 0) is 11.2 Å². The van der Waals surface area contributed by atoms with E-state index in [0.29, 0.717) is 39.8 Å². The molecule has 36 heavy (non-hydrogen) atoms. The van der Waals surface area contributed by atoms with Gasteiger partial charge in [-0.2, -0.15) is 0 Å². The molecule has 0 spiro atoms. The highest BCUT2D eigenvalue weighted by Gasteiger charge is 2.55. The third kappa shape index (κ3) is 4.37. The Morgan fingerprint density at radius 1 is 0.972 bits per heavy atom. The number of carbonyl (C=O) groups excluding carboxylic acids is 1. The van der Waals surface area contributed by atoms with Gasteiger partial charge in [0.25, 0.3) is 8.32 Å². The minimum atomic E-state index is -2.05. The summed E-state index contributed by atoms with van der Waals surface area (Å²) in [5.74, 6) is 5.31. The molecule has 3 aliphatic rings. The maximum absolute atomic E-state index is 11.3. The summed E-state index contributed by atoms with van der Waals surface area (Å²) in [6.45, 7) is 19.0. The van der Waals surface area contributed by atoms with Gasteiger partial charge in [0.2, 0.25) is 0 Å². The number of aryl methyl sites for hydroxylation is 1. The van der Waals surface area contributed by atoms with Gasteiger partial charge in [-0.25, -0.2) is 0 Å². The molecule has 0 radical (unpaired) electrons. The molecule has 0 saturated heterocycles. The van der Waals surface area contributed by atoms with E-state index in [-0.39, 0.29) is 0 Å². The standard InChI is InChI=1S/C32H52O3Si/c1-20(2)36(21(3)4,22(5)6)35-31-18-24-10-11-26-25(27(24)19-30(31)34-9)14-16-32(8)28(12-13-29(26)32)23(7)15-17-33/h17-23,25-26,28-29H,10-16H2,1-9H3/t23?,25-,26+,28+,29-,32+/m0/s1. The first-order chi connectivity index (χ1) is 17.0. The van der Waals surface area contributed by atoms with Crippen LogP contribution in [0.4, 0.5) is 0 Å². The van der Waals surface area contributed by atoms with Crippen molar-refractivity contribution in [1.82, 2.24) is 0 Å². The van der Waals surface area contributed by atoms with Crippen LogP contribution in [0.15, 0.2) is 12.1 Å². The number of ether oxygens (including phenoxy) is 1. The molecule has 0 heterocycles. The van der Waals surface area contributed by atoms with Crippen LogP contribution in [0.3, 0.4) is 0 Å². The smallest absolute Gasteiger partial charge is 0.258 e. The highest BCUT2D eigenvalue weighted by molar-refractivity contribution is 6.78. The lowest BCUT2D eigenvalue weighted by molar-refractivity contribution is -0.109. The first-order valence-corrected chi connectivity index (χ1v) is 17.0. The van der Waals surface area contributed by atoms with Crippen molar-refractivity contribution >= 4 is 14.6 Å². The Kier molecular flexibility index (Phi) is 8.06. The Labute approximate surface area is 222 Å². The summed E-state index contributed by atoms with van der Waals surface area (Å²) in [6, 6.07) is 4.74. The molecule has 202 valence electrons. The van der Waals surface area contributed by atoms with E-state index in [1.165, 1.54) is 43.2 Å². The van der Waals surface area contributed by atoms with E-state index in [0.717, 1.165) is 42.5 Å². The second-order valence-corrected chi connectivity index (χ2v) is 19.0. The Bertz CT molecular complexity index is 916. The van der Waals surface area contributed by atoms with Crippen molar-refractivity contribution in [1.29, 1.82) is 0 Å². The first-order valence-electron chi connectivity index (χ1n) is 14.8. The van der Waals surface area contributed by atoms with Crippen LogP contribution in [0.5, 0.6) is 11.5 Å². The van der Waals surface area contributed by atoms with Crippen molar-refractivity contribution in [3.05, 3.63) is 23.3 Å². The minimum Gasteiger partial charge on any atom is -0.540 e. The molecule has 1 aromatic rings. The Morgan fingerprint density at radius 3 is 2.22 bits per heavy atom. The number of fused-ring (bicyclic) bond motifs is 5. The zero-order valence-electron chi connectivity index (χ0n) is 24.5. The molecule has 3 aliphatic carbocycles. The molecule has 2 fully saturated rings. The van der Waals surface area contributed by atoms with Gasteiger partial charge in [0.05, 0.1) is 7.11 Å². The molecule has 3 nitrogen and oxygen atoms in total. The van der Waals surface area contributed by atoms with Crippen LogP contribution in [0, 0.1) is 29.1 Å². The number of hydrogen-bond donors (Lipinski definition) is 0. The van der Waals surface area contributed by atoms with Crippen molar-refractivity contribution in [2.45, 2.75) is 123 Å². The summed E-state index contributed by atoms with van der Waals surface area (Å²) in [5.41, 5.74) is 5.04. The van der Waals surface area contributed by atoms with E-state index < -0.39 is 8.32 Å². The van der Waals surface area contributed by atoms with Crippen molar-refractivity contribution in [2.75, 3.05) is 7.11 Å². The van der Waals surface area contributed by atoms with Crippen LogP contribution < -0.4 is 9.16 Å². The minimum absolute atomic E-state index is 0.394. The van der Waals surface area contributed by atoms with Gasteiger partial charge in [-0.1, -0.05) is 55.4 Å². The molecular formula is C32H52O3Si. The van der Waals surface area contributed by atoms with Gasteiger partial charge in [-0.3, -0.25) is 0 Å². The topological polar surface area (TPSA) is 35.5 Å². The molecule has 6 atom stereocenters. The van der Waals surface area contributed by atoms with Crippen molar-refractivity contribution in [2.24, 2.45) is 29.1 Å². The molecule has 1 unspecified atom stereocenters. The molecule has 1 aromatic carbocycles. The quantitative estimate of drug-likeness (QED) is 0.245. The average Bonchev–Trinajstić information content (AvgIpc) is 3.18. The fourth-order valence-corrected chi connectivity index (χ4v) is 14.9. The van der Waals surface area contributed by atoms with Crippen LogP contribution in [-0.4, -0.2) is 21.7 Å². The van der Waals surface area contributed by atoms with E-state index in [4.69, 9.17) is 9.16 Å².